The summed E-state index contributed by atoms with van der Waals surface area (Å²) in [6, 6.07) is 14.6. The Kier molecular flexibility index (Phi) is 11.9. The maximum absolute atomic E-state index is 12.0. The van der Waals surface area contributed by atoms with Gasteiger partial charge in [-0.2, -0.15) is 26.3 Å². The van der Waals surface area contributed by atoms with E-state index < -0.39 is 24.1 Å². The molecule has 0 bridgehead atoms. The van der Waals surface area contributed by atoms with E-state index in [0.717, 1.165) is 36.8 Å². The van der Waals surface area contributed by atoms with E-state index in [9.17, 15) is 54.8 Å². The third kappa shape index (κ3) is 8.60. The summed E-state index contributed by atoms with van der Waals surface area (Å²) in [5.41, 5.74) is -5.62. The van der Waals surface area contributed by atoms with Gasteiger partial charge < -0.3 is 15.3 Å². The summed E-state index contributed by atoms with van der Waals surface area (Å²) in [4.78, 5) is 9.34. The van der Waals surface area contributed by atoms with Crippen molar-refractivity contribution in [3.8, 4) is 11.5 Å². The number of halogens is 9. The van der Waals surface area contributed by atoms with Crippen molar-refractivity contribution in [1.29, 1.82) is 0 Å². The topological polar surface area (TPSA) is 88.2 Å². The number of rotatable bonds is 5. The second-order valence-corrected chi connectivity index (χ2v) is 8.26. The molecule has 0 saturated heterocycles. The maximum Gasteiger partial charge on any atom is 0.436 e. The van der Waals surface area contributed by atoms with Crippen LogP contribution in [0.4, 0.5) is 39.5 Å². The van der Waals surface area contributed by atoms with Crippen LogP contribution in [0.15, 0.2) is 58.5 Å². The van der Waals surface area contributed by atoms with Gasteiger partial charge in [-0.05, 0) is 37.1 Å². The molecular weight excluding hydrogens is 594 g/mol. The number of benzene rings is 2. The van der Waals surface area contributed by atoms with Crippen LogP contribution in [0.1, 0.15) is 36.8 Å². The minimum Gasteiger partial charge on any atom is -0.795 e. The fraction of sp³-hybridized carbons (Fsp3) is 0.417. The quantitative estimate of drug-likeness (QED) is 0.333. The van der Waals surface area contributed by atoms with Gasteiger partial charge in [0.2, 0.25) is 6.11 Å². The van der Waals surface area contributed by atoms with Crippen LogP contribution in [0.3, 0.4) is 0 Å². The number of phenols is 2. The molecule has 219 valence electrons. The molecule has 15 heteroatoms. The molecule has 0 aromatic heterocycles. The van der Waals surface area contributed by atoms with Crippen LogP contribution in [0.2, 0.25) is 0 Å². The summed E-state index contributed by atoms with van der Waals surface area (Å²) in [6.07, 6.45) is -13.1. The van der Waals surface area contributed by atoms with E-state index in [1.54, 1.807) is 36.7 Å². The predicted octanol–water partition coefficient (Wildman–Crippen LogP) is 5.72. The van der Waals surface area contributed by atoms with Crippen LogP contribution in [0.25, 0.3) is 0 Å². The summed E-state index contributed by atoms with van der Waals surface area (Å²) >= 11 is 0. The van der Waals surface area contributed by atoms with E-state index in [2.05, 4.69) is 9.98 Å². The summed E-state index contributed by atoms with van der Waals surface area (Å²) < 4.78 is 103. The first-order valence-corrected chi connectivity index (χ1v) is 11.0. The van der Waals surface area contributed by atoms with Crippen LogP contribution < -0.4 is 5.11 Å². The van der Waals surface area contributed by atoms with Gasteiger partial charge in [0.25, 0.3) is 0 Å². The summed E-state index contributed by atoms with van der Waals surface area (Å²) in [5.74, 6) is 0.484. The summed E-state index contributed by atoms with van der Waals surface area (Å²) in [6.45, 7) is 0. The Balaban J connectivity index is 0.000000439. The third-order valence-corrected chi connectivity index (χ3v) is 5.56. The molecule has 0 spiro atoms. The molecule has 1 radical (unpaired) electrons. The molecule has 0 amide bonds. The zero-order chi connectivity index (χ0) is 28.8. The van der Waals surface area contributed by atoms with Crippen molar-refractivity contribution in [1.82, 2.24) is 0 Å². The Morgan fingerprint density at radius 3 is 1.26 bits per heavy atom. The van der Waals surface area contributed by atoms with Crippen molar-refractivity contribution < 1.29 is 71.6 Å². The van der Waals surface area contributed by atoms with E-state index in [4.69, 9.17) is 0 Å². The van der Waals surface area contributed by atoms with Crippen molar-refractivity contribution in [2.24, 2.45) is 9.98 Å². The van der Waals surface area contributed by atoms with E-state index in [0.29, 0.717) is 0 Å². The molecule has 1 saturated carbocycles. The first-order valence-electron chi connectivity index (χ1n) is 11.0. The SMILES string of the molecule is Oc1ccccc1C=NC1CCCCC1N=Cc1ccccc1O.[Co].[O-]C(F)(F)C(F)(C(F)(F)F)C(F)(F)F. The van der Waals surface area contributed by atoms with Gasteiger partial charge in [-0.15, -0.1) is 0 Å². The standard InChI is InChI=1S/C20H22N2O2.C4F9O.Co/c23-19-11-5-1-7-15(19)13-21-17-9-3-4-10-18(17)22-14-16-8-2-6-12-20(16)24;5-1(2(6,7)8,3(9,10)11)4(12,13)14;/h1-2,5-8,11-14,17-18,23-24H,3-4,9-10H2;;/q;-1;. The van der Waals surface area contributed by atoms with Crippen LogP contribution in [0.5, 0.6) is 11.5 Å². The fourth-order valence-corrected chi connectivity index (χ4v) is 3.48. The van der Waals surface area contributed by atoms with Crippen molar-refractivity contribution in [3.05, 3.63) is 59.7 Å². The third-order valence-electron chi connectivity index (χ3n) is 5.56. The summed E-state index contributed by atoms with van der Waals surface area (Å²) in [5, 5.41) is 29.0. The molecule has 2 atom stereocenters. The zero-order valence-electron chi connectivity index (χ0n) is 19.7. The normalized spacial score (nSPS) is 18.9. The van der Waals surface area contributed by atoms with Gasteiger partial charge in [0.1, 0.15) is 11.5 Å². The second-order valence-electron chi connectivity index (χ2n) is 8.26. The number of para-hydroxylation sites is 2. The van der Waals surface area contributed by atoms with Crippen molar-refractivity contribution in [2.45, 2.75) is 61.9 Å². The minimum atomic E-state index is -7.08. The first-order chi connectivity index (χ1) is 17.5. The average molecular weight is 616 g/mol. The van der Waals surface area contributed by atoms with Crippen molar-refractivity contribution in [3.63, 3.8) is 0 Å². The Morgan fingerprint density at radius 1 is 0.667 bits per heavy atom. The minimum absolute atomic E-state index is 0. The van der Waals surface area contributed by atoms with E-state index in [1.165, 1.54) is 0 Å². The Morgan fingerprint density at radius 2 is 1.00 bits per heavy atom. The number of phenolic OH excluding ortho intramolecular Hbond substituents is 2. The Bertz CT molecular complexity index is 1020. The molecule has 39 heavy (non-hydrogen) atoms. The second kappa shape index (κ2) is 13.5. The van der Waals surface area contributed by atoms with Gasteiger partial charge in [0.05, 0.1) is 12.1 Å². The van der Waals surface area contributed by atoms with Gasteiger partial charge in [-0.1, -0.05) is 37.1 Å². The summed E-state index contributed by atoms with van der Waals surface area (Å²) in [7, 11) is 0. The van der Waals surface area contributed by atoms with Crippen LogP contribution in [-0.2, 0) is 16.8 Å². The Hall–Kier alpha value is -2.78. The van der Waals surface area contributed by atoms with Gasteiger partial charge in [-0.3, -0.25) is 9.98 Å². The monoisotopic (exact) mass is 616 g/mol. The predicted molar refractivity (Wildman–Crippen MR) is 118 cm³/mol. The van der Waals surface area contributed by atoms with Gasteiger partial charge in [0.15, 0.2) is 0 Å². The number of alkyl halides is 9. The molecule has 0 heterocycles. The number of aliphatic imine (C=N–C) groups is 2. The molecule has 1 aliphatic carbocycles. The number of aromatic hydroxyl groups is 2. The molecule has 0 aliphatic heterocycles. The molecule has 2 N–H and O–H groups in total. The van der Waals surface area contributed by atoms with E-state index >= 15 is 0 Å². The maximum atomic E-state index is 12.0. The van der Waals surface area contributed by atoms with Crippen molar-refractivity contribution >= 4 is 12.4 Å². The first kappa shape index (κ1) is 34.2. The fourth-order valence-electron chi connectivity index (χ4n) is 3.48. The van der Waals surface area contributed by atoms with Crippen LogP contribution in [-0.4, -0.2) is 58.9 Å². The molecule has 5 nitrogen and oxygen atoms in total. The smallest absolute Gasteiger partial charge is 0.436 e. The van der Waals surface area contributed by atoms with Crippen molar-refractivity contribution in [2.75, 3.05) is 0 Å². The molecule has 2 aromatic rings. The molecule has 2 unspecified atom stereocenters. The Labute approximate surface area is 227 Å². The molecule has 1 fully saturated rings. The van der Waals surface area contributed by atoms with Gasteiger partial charge in [0, 0.05) is 40.3 Å². The van der Waals surface area contributed by atoms with Crippen LogP contribution >= 0.6 is 0 Å². The average Bonchev–Trinajstić information content (AvgIpc) is 2.81. The number of nitrogens with zero attached hydrogens (tertiary/aromatic N) is 2. The molecule has 3 rings (SSSR count). The van der Waals surface area contributed by atoms with Crippen LogP contribution in [0, 0.1) is 0 Å². The zero-order valence-corrected chi connectivity index (χ0v) is 20.7. The molecular formula is C24H22CoF9N2O3-. The van der Waals surface area contributed by atoms with Gasteiger partial charge >= 0.3 is 18.0 Å². The van der Waals surface area contributed by atoms with E-state index in [1.807, 2.05) is 24.3 Å². The largest absolute Gasteiger partial charge is 0.795 e. The molecule has 2 aromatic carbocycles. The van der Waals surface area contributed by atoms with Gasteiger partial charge in [-0.25, -0.2) is 13.2 Å². The molecule has 1 aliphatic rings. The number of hydrogen-bond acceptors (Lipinski definition) is 5. The van der Waals surface area contributed by atoms with E-state index in [-0.39, 0.29) is 40.4 Å². The number of hydrogen-bond donors (Lipinski definition) is 2.